The monoisotopic (exact) mass is 366 g/mol. The summed E-state index contributed by atoms with van der Waals surface area (Å²) in [5.41, 5.74) is 2.26. The summed E-state index contributed by atoms with van der Waals surface area (Å²) in [6.07, 6.45) is 1.13. The van der Waals surface area contributed by atoms with Crippen molar-refractivity contribution in [3.05, 3.63) is 42.1 Å². The van der Waals surface area contributed by atoms with Crippen molar-refractivity contribution in [2.45, 2.75) is 33.2 Å². The van der Waals surface area contributed by atoms with Crippen LogP contribution in [0, 0.1) is 11.3 Å². The lowest BCUT2D eigenvalue weighted by Gasteiger charge is -2.21. The number of nitriles is 1. The number of hydrogen-bond donors (Lipinski definition) is 2. The second kappa shape index (κ2) is 9.34. The van der Waals surface area contributed by atoms with Gasteiger partial charge in [0.2, 0.25) is 5.91 Å². The fourth-order valence-electron chi connectivity index (χ4n) is 2.51. The van der Waals surface area contributed by atoms with E-state index in [-0.39, 0.29) is 24.6 Å². The Balaban J connectivity index is 2.68. The Morgan fingerprint density at radius 3 is 2.52 bits per heavy atom. The maximum atomic E-state index is 12.4. The first kappa shape index (κ1) is 19.9. The molecule has 0 unspecified atom stereocenters. The van der Waals surface area contributed by atoms with Crippen molar-refractivity contribution in [1.82, 2.24) is 4.98 Å². The van der Waals surface area contributed by atoms with E-state index in [4.69, 9.17) is 10.00 Å². The van der Waals surface area contributed by atoms with E-state index < -0.39 is 11.9 Å². The maximum Gasteiger partial charge on any atom is 0.341 e. The molecule has 27 heavy (non-hydrogen) atoms. The smallest absolute Gasteiger partial charge is 0.341 e. The Morgan fingerprint density at radius 1 is 1.22 bits per heavy atom. The summed E-state index contributed by atoms with van der Waals surface area (Å²) >= 11 is 0. The summed E-state index contributed by atoms with van der Waals surface area (Å²) < 4.78 is 5.12. The van der Waals surface area contributed by atoms with Gasteiger partial charge in [0, 0.05) is 17.8 Å². The minimum absolute atomic E-state index is 0.0178. The quantitative estimate of drug-likeness (QED) is 0.726. The number of amides is 1. The van der Waals surface area contributed by atoms with Gasteiger partial charge in [-0.25, -0.2) is 4.79 Å². The van der Waals surface area contributed by atoms with E-state index >= 15 is 0 Å². The molecule has 1 heterocycles. The largest absolute Gasteiger partial charge is 0.462 e. The molecular formula is C20H22N4O3. The minimum atomic E-state index is -0.538. The molecule has 140 valence electrons. The summed E-state index contributed by atoms with van der Waals surface area (Å²) in [7, 11) is 0. The first-order chi connectivity index (χ1) is 13.0. The Kier molecular flexibility index (Phi) is 6.89. The van der Waals surface area contributed by atoms with Crippen molar-refractivity contribution in [2.75, 3.05) is 17.2 Å². The molecule has 0 saturated heterocycles. The highest BCUT2D eigenvalue weighted by molar-refractivity contribution is 6.06. The van der Waals surface area contributed by atoms with Crippen molar-refractivity contribution in [3.8, 4) is 17.3 Å². The molecule has 2 aromatic rings. The van der Waals surface area contributed by atoms with Crippen LogP contribution < -0.4 is 10.6 Å². The van der Waals surface area contributed by atoms with Crippen molar-refractivity contribution in [1.29, 1.82) is 5.26 Å². The number of benzene rings is 1. The van der Waals surface area contributed by atoms with E-state index in [1.807, 2.05) is 50.2 Å². The SMILES string of the molecule is CCOC(=O)c1cnc(-c2ccccc2)c(NC(=O)CC#N)c1NC(C)C. The Hall–Kier alpha value is -3.40. The lowest BCUT2D eigenvalue weighted by molar-refractivity contribution is -0.115. The second-order valence-electron chi connectivity index (χ2n) is 6.04. The zero-order valence-corrected chi connectivity index (χ0v) is 15.6. The van der Waals surface area contributed by atoms with E-state index in [9.17, 15) is 9.59 Å². The van der Waals surface area contributed by atoms with E-state index in [0.29, 0.717) is 17.1 Å². The number of aromatic nitrogens is 1. The number of hydrogen-bond acceptors (Lipinski definition) is 6. The van der Waals surface area contributed by atoms with Gasteiger partial charge in [-0.15, -0.1) is 0 Å². The molecule has 0 atom stereocenters. The molecule has 0 aliphatic carbocycles. The molecule has 0 aliphatic rings. The van der Waals surface area contributed by atoms with Crippen LogP contribution in [0.5, 0.6) is 0 Å². The Bertz CT molecular complexity index is 858. The van der Waals surface area contributed by atoms with Crippen LogP contribution in [0.15, 0.2) is 36.5 Å². The van der Waals surface area contributed by atoms with Gasteiger partial charge in [-0.1, -0.05) is 30.3 Å². The molecule has 1 aromatic carbocycles. The fourth-order valence-corrected chi connectivity index (χ4v) is 2.51. The van der Waals surface area contributed by atoms with Crippen molar-refractivity contribution in [3.63, 3.8) is 0 Å². The van der Waals surface area contributed by atoms with Crippen molar-refractivity contribution < 1.29 is 14.3 Å². The summed E-state index contributed by atoms with van der Waals surface area (Å²) in [6, 6.07) is 11.1. The number of carbonyl (C=O) groups excluding carboxylic acids is 2. The van der Waals surface area contributed by atoms with E-state index in [1.165, 1.54) is 6.20 Å². The first-order valence-corrected chi connectivity index (χ1v) is 8.66. The zero-order valence-electron chi connectivity index (χ0n) is 15.6. The Morgan fingerprint density at radius 2 is 1.93 bits per heavy atom. The molecule has 0 saturated carbocycles. The average molecular weight is 366 g/mol. The maximum absolute atomic E-state index is 12.4. The predicted molar refractivity (Wildman–Crippen MR) is 103 cm³/mol. The highest BCUT2D eigenvalue weighted by atomic mass is 16.5. The van der Waals surface area contributed by atoms with Gasteiger partial charge >= 0.3 is 5.97 Å². The van der Waals surface area contributed by atoms with E-state index in [1.54, 1.807) is 6.92 Å². The average Bonchev–Trinajstić information content (AvgIpc) is 2.63. The molecule has 7 nitrogen and oxygen atoms in total. The number of ether oxygens (including phenoxy) is 1. The van der Waals surface area contributed by atoms with Crippen LogP contribution >= 0.6 is 0 Å². The van der Waals surface area contributed by atoms with Gasteiger partial charge in [-0.3, -0.25) is 9.78 Å². The number of rotatable bonds is 7. The number of anilines is 2. The number of carbonyl (C=O) groups is 2. The van der Waals surface area contributed by atoms with Gasteiger partial charge in [-0.2, -0.15) is 5.26 Å². The number of nitrogens with zero attached hydrogens (tertiary/aromatic N) is 2. The molecule has 7 heteroatoms. The van der Waals surface area contributed by atoms with Gasteiger partial charge in [-0.05, 0) is 20.8 Å². The van der Waals surface area contributed by atoms with Crippen LogP contribution in [0.25, 0.3) is 11.3 Å². The number of pyridine rings is 1. The highest BCUT2D eigenvalue weighted by Gasteiger charge is 2.23. The summed E-state index contributed by atoms with van der Waals surface area (Å²) in [5.74, 6) is -1.02. The molecule has 0 aliphatic heterocycles. The fraction of sp³-hybridized carbons (Fsp3) is 0.300. The number of nitrogens with one attached hydrogen (secondary N) is 2. The van der Waals surface area contributed by atoms with Gasteiger partial charge < -0.3 is 15.4 Å². The number of esters is 1. The third-order valence-electron chi connectivity index (χ3n) is 3.56. The molecule has 2 N–H and O–H groups in total. The minimum Gasteiger partial charge on any atom is -0.462 e. The van der Waals surface area contributed by atoms with Crippen LogP contribution in [0.2, 0.25) is 0 Å². The molecule has 0 spiro atoms. The Labute approximate surface area is 158 Å². The standard InChI is InChI=1S/C20H22N4O3/c1-4-27-20(26)15-12-22-17(14-8-6-5-7-9-14)19(18(15)23-13(2)3)24-16(25)10-11-21/h5-9,12-13H,4,10H2,1-3H3,(H,22,23)(H,24,25). The van der Waals surface area contributed by atoms with Gasteiger partial charge in [0.15, 0.2) is 0 Å². The van der Waals surface area contributed by atoms with Gasteiger partial charge in [0.1, 0.15) is 12.0 Å². The third-order valence-corrected chi connectivity index (χ3v) is 3.56. The molecular weight excluding hydrogens is 344 g/mol. The van der Waals surface area contributed by atoms with E-state index in [0.717, 1.165) is 5.56 Å². The normalized spacial score (nSPS) is 10.2. The molecule has 0 fully saturated rings. The molecule has 0 bridgehead atoms. The van der Waals surface area contributed by atoms with Crippen LogP contribution in [0.3, 0.4) is 0 Å². The predicted octanol–water partition coefficient (Wildman–Crippen LogP) is 3.60. The van der Waals surface area contributed by atoms with Crippen LogP contribution in [0.4, 0.5) is 11.4 Å². The van der Waals surface area contributed by atoms with Crippen molar-refractivity contribution in [2.24, 2.45) is 0 Å². The lowest BCUT2D eigenvalue weighted by Crippen LogP contribution is -2.20. The second-order valence-corrected chi connectivity index (χ2v) is 6.04. The highest BCUT2D eigenvalue weighted by Crippen LogP contribution is 2.36. The molecule has 1 aromatic heterocycles. The summed E-state index contributed by atoms with van der Waals surface area (Å²) in [6.45, 7) is 5.77. The van der Waals surface area contributed by atoms with Gasteiger partial charge in [0.05, 0.1) is 29.7 Å². The van der Waals surface area contributed by atoms with Gasteiger partial charge in [0.25, 0.3) is 0 Å². The first-order valence-electron chi connectivity index (χ1n) is 8.66. The molecule has 2 rings (SSSR count). The summed E-state index contributed by atoms with van der Waals surface area (Å²) in [4.78, 5) is 28.9. The summed E-state index contributed by atoms with van der Waals surface area (Å²) in [5, 5.41) is 14.7. The third kappa shape index (κ3) is 5.05. The zero-order chi connectivity index (χ0) is 19.8. The lowest BCUT2D eigenvalue weighted by atomic mass is 10.0. The van der Waals surface area contributed by atoms with Crippen LogP contribution in [0.1, 0.15) is 37.6 Å². The molecule has 0 radical (unpaired) electrons. The molecule has 1 amide bonds. The van der Waals surface area contributed by atoms with E-state index in [2.05, 4.69) is 15.6 Å². The van der Waals surface area contributed by atoms with Crippen molar-refractivity contribution >= 4 is 23.3 Å². The van der Waals surface area contributed by atoms with Crippen LogP contribution in [-0.4, -0.2) is 29.5 Å². The topological polar surface area (TPSA) is 104 Å². The van der Waals surface area contributed by atoms with Crippen LogP contribution in [-0.2, 0) is 9.53 Å².